The normalized spacial score (nSPS) is 8.74. The van der Waals surface area contributed by atoms with Gasteiger partial charge in [-0.25, -0.2) is 0 Å². The van der Waals surface area contributed by atoms with Crippen molar-refractivity contribution in [1.82, 2.24) is 0 Å². The smallest absolute Gasteiger partial charge is 0.0414 e. The van der Waals surface area contributed by atoms with Crippen LogP contribution in [0.1, 0.15) is 39.5 Å². The van der Waals surface area contributed by atoms with Crippen LogP contribution in [-0.2, 0) is 37.3 Å². The van der Waals surface area contributed by atoms with Crippen molar-refractivity contribution in [2.45, 2.75) is 39.5 Å². The van der Waals surface area contributed by atoms with E-state index in [0.717, 1.165) is 19.3 Å². The summed E-state index contributed by atoms with van der Waals surface area (Å²) in [4.78, 5) is 20.2. The van der Waals surface area contributed by atoms with Gasteiger partial charge in [0.2, 0.25) is 0 Å². The molecule has 0 spiro atoms. The predicted molar refractivity (Wildman–Crippen MR) is 67.0 cm³/mol. The first-order chi connectivity index (χ1) is 9.06. The van der Waals surface area contributed by atoms with Gasteiger partial charge < -0.3 is 9.90 Å². The molecule has 0 aliphatic heterocycles. The number of aliphatic carboxylic acids is 1. The van der Waals surface area contributed by atoms with Gasteiger partial charge in [0.15, 0.2) is 0 Å². The number of carboxylic acids is 1. The van der Waals surface area contributed by atoms with Crippen molar-refractivity contribution < 1.29 is 42.4 Å². The van der Waals surface area contributed by atoms with Crippen LogP contribution in [0.2, 0.25) is 0 Å². The molecule has 1 aromatic carbocycles. The molecule has 0 aliphatic rings. The van der Waals surface area contributed by atoms with Gasteiger partial charge >= 0.3 is 78.8 Å². The first-order valence-electron chi connectivity index (χ1n) is 6.43. The molecule has 0 atom stereocenters. The monoisotopic (exact) mass is 453 g/mol. The van der Waals surface area contributed by atoms with Crippen LogP contribution >= 0.6 is 0 Å². The summed E-state index contributed by atoms with van der Waals surface area (Å²) in [5.74, 6) is -1.08. The van der Waals surface area contributed by atoms with E-state index in [1.54, 1.807) is 0 Å². The molecule has 102 valence electrons. The van der Waals surface area contributed by atoms with E-state index in [0.29, 0.717) is 0 Å². The minimum Gasteiger partial charge on any atom is -0.550 e. The first kappa shape index (κ1) is 18.1. The van der Waals surface area contributed by atoms with E-state index in [9.17, 15) is 14.7 Å². The Labute approximate surface area is 127 Å². The molecule has 0 radical (unpaired) electrons. The molecule has 0 saturated carbocycles. The second kappa shape index (κ2) is 12.1. The van der Waals surface area contributed by atoms with Gasteiger partial charge in [0, 0.05) is 5.97 Å². The maximum atomic E-state index is 10.5. The molecule has 0 saturated heterocycles. The van der Waals surface area contributed by atoms with E-state index in [1.165, 1.54) is 10.00 Å². The molecule has 1 aromatic rings. The van der Waals surface area contributed by atoms with Gasteiger partial charge in [0.05, 0.1) is 0 Å². The summed E-state index contributed by atoms with van der Waals surface area (Å²) in [5, 5.41) is 9.76. The Morgan fingerprint density at radius 1 is 1.21 bits per heavy atom. The van der Waals surface area contributed by atoms with Crippen molar-refractivity contribution in [1.29, 1.82) is 0 Å². The summed E-state index contributed by atoms with van der Waals surface area (Å²) < 4.78 is 6.25. The molecule has 0 unspecified atom stereocenters. The zero-order valence-corrected chi connectivity index (χ0v) is 17.1. The van der Waals surface area contributed by atoms with Crippen LogP contribution in [0.25, 0.3) is 0 Å². The summed E-state index contributed by atoms with van der Waals surface area (Å²) in [7, 11) is 0. The number of unbranched alkanes of at least 4 members (excludes halogenated alkanes) is 2. The van der Waals surface area contributed by atoms with E-state index in [2.05, 4.69) is 0 Å². The standard InChI is InChI=1S/C6H12O2.C6H5.C2H4O2.Hg/c1-2-3-4-5-6(7)8;1-2-4-6-5-3-1;1-2(3)4;/h2-5H2,1H3,(H,7,8);1-5H;1H3,(H,3,4);/q;;;+1/p-2. The Hall–Kier alpha value is -0.905. The van der Waals surface area contributed by atoms with Gasteiger partial charge in [-0.3, -0.25) is 0 Å². The largest absolute Gasteiger partial charge is 0.550 e. The average molecular weight is 452 g/mol. The minimum atomic E-state index is -1.52. The maximum absolute atomic E-state index is 10.5. The summed E-state index contributed by atoms with van der Waals surface area (Å²) in [6.45, 7) is 3.50. The minimum absolute atomic E-state index is 0.143. The molecular formula is C14H19HgO4-. The molecule has 4 nitrogen and oxygen atoms in total. The SMILES string of the molecule is CC(=O)[O][Hg][c]1ccccc1.CCCCCC(=O)[O-]. The Bertz CT molecular complexity index is 365. The maximum Gasteiger partial charge on any atom is 0.0414 e. The second-order valence-corrected chi connectivity index (χ2v) is 9.51. The van der Waals surface area contributed by atoms with Gasteiger partial charge in [0.25, 0.3) is 0 Å². The third-order valence-electron chi connectivity index (χ3n) is 2.27. The number of hydrogen-bond donors (Lipinski definition) is 0. The number of hydrogen-bond acceptors (Lipinski definition) is 4. The summed E-state index contributed by atoms with van der Waals surface area (Å²) in [6, 6.07) is 9.94. The van der Waals surface area contributed by atoms with Gasteiger partial charge in [-0.05, 0) is 12.8 Å². The van der Waals surface area contributed by atoms with Crippen LogP contribution in [0.5, 0.6) is 0 Å². The van der Waals surface area contributed by atoms with Gasteiger partial charge in [-0.15, -0.1) is 0 Å². The van der Waals surface area contributed by atoms with Gasteiger partial charge in [-0.2, -0.15) is 0 Å². The molecule has 0 bridgehead atoms. The van der Waals surface area contributed by atoms with Crippen LogP contribution in [0.15, 0.2) is 30.3 Å². The van der Waals surface area contributed by atoms with Crippen molar-refractivity contribution >= 4 is 15.0 Å². The van der Waals surface area contributed by atoms with Crippen molar-refractivity contribution in [3.05, 3.63) is 30.3 Å². The number of carboxylic acid groups (broad SMARTS) is 1. The topological polar surface area (TPSA) is 66.4 Å². The van der Waals surface area contributed by atoms with Crippen LogP contribution in [-0.4, -0.2) is 11.9 Å². The summed E-state index contributed by atoms with van der Waals surface area (Å²) >= 11 is -1.52. The molecular weight excluding hydrogens is 433 g/mol. The Balaban J connectivity index is 0.000000362. The number of carbonyl (C=O) groups is 2. The van der Waals surface area contributed by atoms with E-state index >= 15 is 0 Å². The molecule has 0 heterocycles. The third kappa shape index (κ3) is 13.3. The van der Waals surface area contributed by atoms with Crippen LogP contribution in [0.3, 0.4) is 0 Å². The molecule has 0 aromatic heterocycles. The van der Waals surface area contributed by atoms with Crippen molar-refractivity contribution in [2.24, 2.45) is 0 Å². The van der Waals surface area contributed by atoms with E-state index < -0.39 is 31.0 Å². The van der Waals surface area contributed by atoms with Gasteiger partial charge in [-0.1, -0.05) is 19.8 Å². The number of rotatable bonds is 6. The zero-order valence-electron chi connectivity index (χ0n) is 11.6. The summed E-state index contributed by atoms with van der Waals surface area (Å²) in [6.07, 6.45) is 3.04. The van der Waals surface area contributed by atoms with Crippen molar-refractivity contribution in [2.75, 3.05) is 0 Å². The van der Waals surface area contributed by atoms with Crippen molar-refractivity contribution in [3.8, 4) is 0 Å². The molecule has 0 fully saturated rings. The van der Waals surface area contributed by atoms with E-state index in [-0.39, 0.29) is 12.4 Å². The third-order valence-corrected chi connectivity index (χ3v) is 7.54. The van der Waals surface area contributed by atoms with Crippen LogP contribution in [0.4, 0.5) is 0 Å². The molecule has 19 heavy (non-hydrogen) atoms. The van der Waals surface area contributed by atoms with Crippen LogP contribution < -0.4 is 8.18 Å². The molecule has 5 heteroatoms. The zero-order chi connectivity index (χ0) is 14.5. The fraction of sp³-hybridized carbons (Fsp3) is 0.429. The predicted octanol–water partition coefficient (Wildman–Crippen LogP) is 1.19. The average Bonchev–Trinajstić information content (AvgIpc) is 2.38. The fourth-order valence-corrected chi connectivity index (χ4v) is 4.52. The van der Waals surface area contributed by atoms with E-state index in [4.69, 9.17) is 2.64 Å². The van der Waals surface area contributed by atoms with Gasteiger partial charge in [0.1, 0.15) is 0 Å². The summed E-state index contributed by atoms with van der Waals surface area (Å²) in [5.41, 5.74) is 0. The number of benzene rings is 1. The van der Waals surface area contributed by atoms with E-state index in [1.807, 2.05) is 37.3 Å². The quantitative estimate of drug-likeness (QED) is 0.481. The second-order valence-electron chi connectivity index (χ2n) is 4.09. The fourth-order valence-electron chi connectivity index (χ4n) is 1.28. The number of carbonyl (C=O) groups excluding carboxylic acids is 2. The Morgan fingerprint density at radius 3 is 2.32 bits per heavy atom. The Morgan fingerprint density at radius 2 is 1.84 bits per heavy atom. The molecule has 0 amide bonds. The van der Waals surface area contributed by atoms with Crippen molar-refractivity contribution in [3.63, 3.8) is 0 Å². The Kier molecular flexibility index (Phi) is 11.6. The molecule has 0 aliphatic carbocycles. The molecule has 1 rings (SSSR count). The molecule has 0 N–H and O–H groups in total. The first-order valence-corrected chi connectivity index (χ1v) is 11.4. The van der Waals surface area contributed by atoms with Crippen LogP contribution in [0, 0.1) is 0 Å².